The number of benzene rings is 2. The molecule has 0 amide bonds. The molecule has 4 nitrogen and oxygen atoms in total. The molecule has 2 rings (SSSR count). The molecule has 0 unspecified atom stereocenters. The van der Waals surface area contributed by atoms with Gasteiger partial charge in [-0.3, -0.25) is 4.99 Å². The molecule has 2 aromatic carbocycles. The van der Waals surface area contributed by atoms with Crippen molar-refractivity contribution in [2.45, 2.75) is 13.8 Å². The van der Waals surface area contributed by atoms with E-state index in [2.05, 4.69) is 22.1 Å². The van der Waals surface area contributed by atoms with Crippen molar-refractivity contribution in [2.24, 2.45) is 4.99 Å². The average molecular weight is 343 g/mol. The third kappa shape index (κ3) is 4.79. The number of aliphatic imine (C=N–C) groups is 1. The molecule has 0 spiro atoms. The summed E-state index contributed by atoms with van der Waals surface area (Å²) in [6.45, 7) is 6.67. The Labute approximate surface area is 149 Å². The summed E-state index contributed by atoms with van der Waals surface area (Å²) in [4.78, 5) is 6.73. The minimum Gasteiger partial charge on any atom is -0.456 e. The third-order valence-corrected chi connectivity index (χ3v) is 4.01. The van der Waals surface area contributed by atoms with E-state index in [9.17, 15) is 4.39 Å². The van der Waals surface area contributed by atoms with Gasteiger partial charge in [-0.05, 0) is 56.8 Å². The van der Waals surface area contributed by atoms with E-state index in [1.165, 1.54) is 12.1 Å². The number of halogens is 1. The molecule has 0 aliphatic carbocycles. The van der Waals surface area contributed by atoms with Crippen LogP contribution in [0.2, 0.25) is 0 Å². The highest BCUT2D eigenvalue weighted by molar-refractivity contribution is 6.01. The van der Waals surface area contributed by atoms with Gasteiger partial charge in [0.25, 0.3) is 0 Å². The van der Waals surface area contributed by atoms with Gasteiger partial charge in [-0.25, -0.2) is 4.39 Å². The lowest BCUT2D eigenvalue weighted by atomic mass is 10.1. The summed E-state index contributed by atoms with van der Waals surface area (Å²) in [7, 11) is 3.73. The maximum Gasteiger partial charge on any atom is 0.141 e. The number of nitrogens with one attached hydrogen (secondary N) is 1. The van der Waals surface area contributed by atoms with E-state index in [-0.39, 0.29) is 5.82 Å². The van der Waals surface area contributed by atoms with Crippen molar-refractivity contribution in [3.63, 3.8) is 0 Å². The summed E-state index contributed by atoms with van der Waals surface area (Å²) < 4.78 is 19.2. The van der Waals surface area contributed by atoms with E-state index in [4.69, 9.17) is 4.74 Å². The van der Waals surface area contributed by atoms with Gasteiger partial charge in [0.1, 0.15) is 23.2 Å². The summed E-state index contributed by atoms with van der Waals surface area (Å²) in [5.41, 5.74) is 1.94. The second kappa shape index (κ2) is 9.18. The molecule has 5 heteroatoms. The largest absolute Gasteiger partial charge is 0.456 e. The second-order valence-corrected chi connectivity index (χ2v) is 5.74. The first-order valence-corrected chi connectivity index (χ1v) is 8.50. The standard InChI is InChI=1S/C20H26FN3O/c1-5-24(14-13-22-3)20(23-4)18-8-6-7-15(2)19(18)25-17-11-9-16(21)10-12-17/h6-12,22H,5,13-14H2,1-4H3. The Balaban J connectivity index is 2.39. The van der Waals surface area contributed by atoms with Gasteiger partial charge in [-0.2, -0.15) is 0 Å². The number of amidine groups is 1. The number of para-hydroxylation sites is 1. The smallest absolute Gasteiger partial charge is 0.141 e. The van der Waals surface area contributed by atoms with Crippen molar-refractivity contribution in [2.75, 3.05) is 33.7 Å². The second-order valence-electron chi connectivity index (χ2n) is 5.74. The first-order valence-electron chi connectivity index (χ1n) is 8.50. The van der Waals surface area contributed by atoms with Crippen molar-refractivity contribution in [3.8, 4) is 11.5 Å². The fourth-order valence-electron chi connectivity index (χ4n) is 2.68. The monoisotopic (exact) mass is 343 g/mol. The molecule has 0 saturated heterocycles. The number of hydrogen-bond acceptors (Lipinski definition) is 3. The normalized spacial score (nSPS) is 11.5. The number of ether oxygens (including phenoxy) is 1. The van der Waals surface area contributed by atoms with Crippen molar-refractivity contribution in [1.29, 1.82) is 0 Å². The molecule has 0 aromatic heterocycles. The maximum atomic E-state index is 13.1. The van der Waals surface area contributed by atoms with Gasteiger partial charge in [0, 0.05) is 26.7 Å². The predicted molar refractivity (Wildman–Crippen MR) is 101 cm³/mol. The Morgan fingerprint density at radius 1 is 1.20 bits per heavy atom. The van der Waals surface area contributed by atoms with Crippen LogP contribution < -0.4 is 10.1 Å². The van der Waals surface area contributed by atoms with Gasteiger partial charge < -0.3 is 15.0 Å². The molecule has 1 N–H and O–H groups in total. The highest BCUT2D eigenvalue weighted by Gasteiger charge is 2.18. The van der Waals surface area contributed by atoms with Crippen molar-refractivity contribution >= 4 is 5.84 Å². The summed E-state index contributed by atoms with van der Waals surface area (Å²) in [5.74, 6) is 1.96. The Morgan fingerprint density at radius 3 is 2.52 bits per heavy atom. The van der Waals surface area contributed by atoms with E-state index in [0.29, 0.717) is 5.75 Å². The average Bonchev–Trinajstić information content (AvgIpc) is 2.62. The Bertz CT molecular complexity index is 713. The van der Waals surface area contributed by atoms with Crippen LogP contribution in [0.25, 0.3) is 0 Å². The highest BCUT2D eigenvalue weighted by Crippen LogP contribution is 2.30. The van der Waals surface area contributed by atoms with E-state index in [0.717, 1.165) is 42.3 Å². The van der Waals surface area contributed by atoms with E-state index < -0.39 is 0 Å². The Morgan fingerprint density at radius 2 is 1.92 bits per heavy atom. The summed E-state index contributed by atoms with van der Waals surface area (Å²) >= 11 is 0. The molecule has 0 heterocycles. The lowest BCUT2D eigenvalue weighted by Gasteiger charge is -2.26. The van der Waals surface area contributed by atoms with Crippen molar-refractivity contribution in [3.05, 3.63) is 59.4 Å². The zero-order valence-electron chi connectivity index (χ0n) is 15.3. The Kier molecular flexibility index (Phi) is 6.95. The minimum absolute atomic E-state index is 0.280. The third-order valence-electron chi connectivity index (χ3n) is 4.01. The first-order chi connectivity index (χ1) is 12.1. The lowest BCUT2D eigenvalue weighted by Crippen LogP contribution is -2.36. The zero-order chi connectivity index (χ0) is 18.2. The molecular weight excluding hydrogens is 317 g/mol. The number of hydrogen-bond donors (Lipinski definition) is 1. The minimum atomic E-state index is -0.280. The van der Waals surface area contributed by atoms with Gasteiger partial charge in [-0.15, -0.1) is 0 Å². The van der Waals surface area contributed by atoms with Crippen LogP contribution >= 0.6 is 0 Å². The molecule has 134 valence electrons. The fraction of sp³-hybridized carbons (Fsp3) is 0.350. The van der Waals surface area contributed by atoms with E-state index in [1.807, 2.05) is 32.2 Å². The van der Waals surface area contributed by atoms with Gasteiger partial charge in [0.15, 0.2) is 0 Å². The predicted octanol–water partition coefficient (Wildman–Crippen LogP) is 3.84. The Hall–Kier alpha value is -2.40. The molecule has 0 radical (unpaired) electrons. The molecule has 0 fully saturated rings. The fourth-order valence-corrected chi connectivity index (χ4v) is 2.68. The molecular formula is C20H26FN3O. The van der Waals surface area contributed by atoms with Crippen LogP contribution in [0.15, 0.2) is 47.5 Å². The number of aryl methyl sites for hydroxylation is 1. The van der Waals surface area contributed by atoms with Crippen LogP contribution in [-0.4, -0.2) is 44.5 Å². The van der Waals surface area contributed by atoms with Crippen LogP contribution in [0.1, 0.15) is 18.1 Å². The van der Waals surface area contributed by atoms with Crippen LogP contribution in [-0.2, 0) is 0 Å². The van der Waals surface area contributed by atoms with E-state index in [1.54, 1.807) is 19.2 Å². The van der Waals surface area contributed by atoms with Crippen LogP contribution in [0.3, 0.4) is 0 Å². The maximum absolute atomic E-state index is 13.1. The van der Waals surface area contributed by atoms with Gasteiger partial charge in [0.2, 0.25) is 0 Å². The van der Waals surface area contributed by atoms with Crippen molar-refractivity contribution in [1.82, 2.24) is 10.2 Å². The topological polar surface area (TPSA) is 36.9 Å². The quantitative estimate of drug-likeness (QED) is 0.613. The van der Waals surface area contributed by atoms with Gasteiger partial charge in [0.05, 0.1) is 5.56 Å². The number of rotatable bonds is 7. The molecule has 0 atom stereocenters. The zero-order valence-corrected chi connectivity index (χ0v) is 15.3. The molecule has 0 bridgehead atoms. The summed E-state index contributed by atoms with van der Waals surface area (Å²) in [5, 5.41) is 3.17. The molecule has 0 aliphatic rings. The molecule has 2 aromatic rings. The van der Waals surface area contributed by atoms with Gasteiger partial charge >= 0.3 is 0 Å². The number of likely N-dealkylation sites (N-methyl/N-ethyl adjacent to an activating group) is 2. The molecule has 25 heavy (non-hydrogen) atoms. The van der Waals surface area contributed by atoms with Crippen LogP contribution in [0, 0.1) is 12.7 Å². The molecule has 0 saturated carbocycles. The van der Waals surface area contributed by atoms with E-state index >= 15 is 0 Å². The van der Waals surface area contributed by atoms with Crippen LogP contribution in [0.4, 0.5) is 4.39 Å². The summed E-state index contributed by atoms with van der Waals surface area (Å²) in [6.07, 6.45) is 0. The lowest BCUT2D eigenvalue weighted by molar-refractivity contribution is 0.432. The highest BCUT2D eigenvalue weighted by atomic mass is 19.1. The SMILES string of the molecule is CCN(CCNC)C(=NC)c1cccc(C)c1Oc1ccc(F)cc1. The number of nitrogens with zero attached hydrogens (tertiary/aromatic N) is 2. The first kappa shape index (κ1) is 18.9. The summed E-state index contributed by atoms with van der Waals surface area (Å²) in [6, 6.07) is 12.1. The molecule has 0 aliphatic heterocycles. The van der Waals surface area contributed by atoms with Crippen molar-refractivity contribution < 1.29 is 9.13 Å². The van der Waals surface area contributed by atoms with Crippen LogP contribution in [0.5, 0.6) is 11.5 Å². The van der Waals surface area contributed by atoms with Gasteiger partial charge in [-0.1, -0.05) is 12.1 Å².